The molecule has 0 aliphatic carbocycles. The summed E-state index contributed by atoms with van der Waals surface area (Å²) in [6.45, 7) is 4.14. The second-order valence-electron chi connectivity index (χ2n) is 4.08. The Morgan fingerprint density at radius 1 is 1.47 bits per heavy atom. The molecule has 0 unspecified atom stereocenters. The molecule has 17 heavy (non-hydrogen) atoms. The summed E-state index contributed by atoms with van der Waals surface area (Å²) >= 11 is 5.92. The largest absolute Gasteiger partial charge is 0.478 e. The van der Waals surface area contributed by atoms with Crippen molar-refractivity contribution in [3.63, 3.8) is 0 Å². The summed E-state index contributed by atoms with van der Waals surface area (Å²) in [6, 6.07) is 5.78. The van der Waals surface area contributed by atoms with Crippen molar-refractivity contribution < 1.29 is 9.90 Å². The maximum absolute atomic E-state index is 10.5. The zero-order valence-corrected chi connectivity index (χ0v) is 10.9. The third kappa shape index (κ3) is 3.79. The lowest BCUT2D eigenvalue weighted by Gasteiger charge is -2.25. The summed E-state index contributed by atoms with van der Waals surface area (Å²) in [6.07, 6.45) is 2.67. The molecule has 92 valence electrons. The van der Waals surface area contributed by atoms with Crippen LogP contribution in [0, 0.1) is 0 Å². The lowest BCUT2D eigenvalue weighted by atomic mass is 10.1. The van der Waals surface area contributed by atoms with Crippen molar-refractivity contribution in [1.29, 1.82) is 0 Å². The van der Waals surface area contributed by atoms with Crippen LogP contribution in [0.15, 0.2) is 24.3 Å². The summed E-state index contributed by atoms with van der Waals surface area (Å²) in [5.74, 6) is -0.969. The van der Waals surface area contributed by atoms with E-state index < -0.39 is 5.97 Å². The van der Waals surface area contributed by atoms with E-state index in [2.05, 4.69) is 18.7 Å². The Morgan fingerprint density at radius 3 is 2.65 bits per heavy atom. The van der Waals surface area contributed by atoms with E-state index in [9.17, 15) is 4.79 Å². The van der Waals surface area contributed by atoms with Gasteiger partial charge in [-0.05, 0) is 43.7 Å². The van der Waals surface area contributed by atoms with E-state index in [0.717, 1.165) is 17.3 Å². The van der Waals surface area contributed by atoms with Crippen LogP contribution in [-0.4, -0.2) is 24.2 Å². The first-order valence-corrected chi connectivity index (χ1v) is 5.73. The van der Waals surface area contributed by atoms with Gasteiger partial charge in [0.05, 0.1) is 0 Å². The molecule has 0 saturated heterocycles. The highest BCUT2D eigenvalue weighted by molar-refractivity contribution is 6.30. The molecule has 0 aliphatic heterocycles. The number of hydrogen-bond acceptors (Lipinski definition) is 2. The second kappa shape index (κ2) is 5.73. The Kier molecular flexibility index (Phi) is 4.58. The van der Waals surface area contributed by atoms with Crippen molar-refractivity contribution >= 4 is 29.3 Å². The number of hydrogen-bond donors (Lipinski definition) is 1. The SMILES string of the molecule is CC(C)N(C)c1ccc(Cl)cc1/C=C/C(=O)O. The predicted octanol–water partition coefficient (Wildman–Crippen LogP) is 3.28. The molecule has 1 rings (SSSR count). The first-order chi connectivity index (χ1) is 7.91. The van der Waals surface area contributed by atoms with Crippen molar-refractivity contribution in [2.45, 2.75) is 19.9 Å². The molecule has 0 aromatic heterocycles. The number of anilines is 1. The van der Waals surface area contributed by atoms with Gasteiger partial charge >= 0.3 is 5.97 Å². The van der Waals surface area contributed by atoms with Gasteiger partial charge in [-0.1, -0.05) is 11.6 Å². The molecule has 0 bridgehead atoms. The zero-order chi connectivity index (χ0) is 13.0. The molecule has 0 radical (unpaired) electrons. The van der Waals surface area contributed by atoms with Gasteiger partial charge in [-0.3, -0.25) is 0 Å². The highest BCUT2D eigenvalue weighted by Gasteiger charge is 2.09. The van der Waals surface area contributed by atoms with Crippen LogP contribution < -0.4 is 4.90 Å². The number of carboxylic acids is 1. The molecular weight excluding hydrogens is 238 g/mol. The lowest BCUT2D eigenvalue weighted by molar-refractivity contribution is -0.131. The second-order valence-corrected chi connectivity index (χ2v) is 4.52. The number of benzene rings is 1. The fourth-order valence-electron chi connectivity index (χ4n) is 1.42. The van der Waals surface area contributed by atoms with Crippen molar-refractivity contribution in [2.75, 3.05) is 11.9 Å². The van der Waals surface area contributed by atoms with Gasteiger partial charge in [0.15, 0.2) is 0 Å². The molecule has 0 aliphatic rings. The minimum atomic E-state index is -0.969. The van der Waals surface area contributed by atoms with Crippen LogP contribution >= 0.6 is 11.6 Å². The van der Waals surface area contributed by atoms with Crippen molar-refractivity contribution in [1.82, 2.24) is 0 Å². The monoisotopic (exact) mass is 253 g/mol. The van der Waals surface area contributed by atoms with Gasteiger partial charge in [-0.2, -0.15) is 0 Å². The molecule has 0 amide bonds. The third-order valence-electron chi connectivity index (χ3n) is 2.55. The molecule has 0 heterocycles. The van der Waals surface area contributed by atoms with Crippen LogP contribution in [0.5, 0.6) is 0 Å². The van der Waals surface area contributed by atoms with Crippen LogP contribution in [0.4, 0.5) is 5.69 Å². The van der Waals surface area contributed by atoms with E-state index in [1.807, 2.05) is 13.1 Å². The van der Waals surface area contributed by atoms with Crippen LogP contribution in [-0.2, 0) is 4.79 Å². The Labute approximate surface area is 106 Å². The predicted molar refractivity (Wildman–Crippen MR) is 71.7 cm³/mol. The number of halogens is 1. The molecule has 1 N–H and O–H groups in total. The highest BCUT2D eigenvalue weighted by atomic mass is 35.5. The summed E-state index contributed by atoms with van der Waals surface area (Å²) in [7, 11) is 1.96. The molecule has 1 aromatic rings. The highest BCUT2D eigenvalue weighted by Crippen LogP contribution is 2.26. The first-order valence-electron chi connectivity index (χ1n) is 5.35. The maximum Gasteiger partial charge on any atom is 0.328 e. The van der Waals surface area contributed by atoms with E-state index in [-0.39, 0.29) is 0 Å². The van der Waals surface area contributed by atoms with Crippen LogP contribution in [0.1, 0.15) is 19.4 Å². The quantitative estimate of drug-likeness (QED) is 0.838. The van der Waals surface area contributed by atoms with Crippen LogP contribution in [0.3, 0.4) is 0 Å². The molecule has 0 saturated carbocycles. The third-order valence-corrected chi connectivity index (χ3v) is 2.78. The van der Waals surface area contributed by atoms with Crippen LogP contribution in [0.25, 0.3) is 6.08 Å². The maximum atomic E-state index is 10.5. The Morgan fingerprint density at radius 2 is 2.12 bits per heavy atom. The van der Waals surface area contributed by atoms with E-state index in [0.29, 0.717) is 11.1 Å². The molecule has 3 nitrogen and oxygen atoms in total. The zero-order valence-electron chi connectivity index (χ0n) is 10.1. The van der Waals surface area contributed by atoms with Crippen molar-refractivity contribution in [2.24, 2.45) is 0 Å². The number of aliphatic carboxylic acids is 1. The lowest BCUT2D eigenvalue weighted by Crippen LogP contribution is -2.26. The minimum absolute atomic E-state index is 0.327. The average molecular weight is 254 g/mol. The Balaban J connectivity index is 3.16. The summed E-state index contributed by atoms with van der Waals surface area (Å²) in [5, 5.41) is 9.24. The number of rotatable bonds is 4. The minimum Gasteiger partial charge on any atom is -0.478 e. The molecule has 1 aromatic carbocycles. The number of carboxylic acid groups (broad SMARTS) is 1. The van der Waals surface area contributed by atoms with Gasteiger partial charge < -0.3 is 10.0 Å². The molecule has 0 atom stereocenters. The average Bonchev–Trinajstić information content (AvgIpc) is 2.25. The summed E-state index contributed by atoms with van der Waals surface area (Å²) < 4.78 is 0. The van der Waals surface area contributed by atoms with Crippen molar-refractivity contribution in [3.8, 4) is 0 Å². The molecule has 4 heteroatoms. The first kappa shape index (κ1) is 13.6. The smallest absolute Gasteiger partial charge is 0.328 e. The number of nitrogens with zero attached hydrogens (tertiary/aromatic N) is 1. The molecular formula is C13H16ClNO2. The summed E-state index contributed by atoms with van der Waals surface area (Å²) in [5.41, 5.74) is 1.76. The van der Waals surface area contributed by atoms with Gasteiger partial charge in [-0.15, -0.1) is 0 Å². The van der Waals surface area contributed by atoms with Gasteiger partial charge in [0, 0.05) is 29.9 Å². The van der Waals surface area contributed by atoms with E-state index in [1.54, 1.807) is 18.2 Å². The fourth-order valence-corrected chi connectivity index (χ4v) is 1.60. The van der Waals surface area contributed by atoms with Gasteiger partial charge in [0.1, 0.15) is 0 Å². The van der Waals surface area contributed by atoms with Gasteiger partial charge in [0.25, 0.3) is 0 Å². The van der Waals surface area contributed by atoms with E-state index in [4.69, 9.17) is 16.7 Å². The summed E-state index contributed by atoms with van der Waals surface area (Å²) in [4.78, 5) is 12.6. The topological polar surface area (TPSA) is 40.5 Å². The number of carbonyl (C=O) groups is 1. The van der Waals surface area contributed by atoms with Gasteiger partial charge in [-0.25, -0.2) is 4.79 Å². The Bertz CT molecular complexity index is 441. The standard InChI is InChI=1S/C13H16ClNO2/c1-9(2)15(3)12-6-5-11(14)8-10(12)4-7-13(16)17/h4-9H,1-3H3,(H,16,17)/b7-4+. The van der Waals surface area contributed by atoms with Gasteiger partial charge in [0.2, 0.25) is 0 Å². The fraction of sp³-hybridized carbons (Fsp3) is 0.308. The van der Waals surface area contributed by atoms with E-state index in [1.165, 1.54) is 0 Å². The van der Waals surface area contributed by atoms with E-state index >= 15 is 0 Å². The van der Waals surface area contributed by atoms with Crippen LogP contribution in [0.2, 0.25) is 5.02 Å². The van der Waals surface area contributed by atoms with Crippen molar-refractivity contribution in [3.05, 3.63) is 34.9 Å². The molecule has 0 spiro atoms. The molecule has 0 fully saturated rings. The normalized spacial score (nSPS) is 11.1. The Hall–Kier alpha value is -1.48.